The molecular formula is C26H33F2N7O3S2. The lowest BCUT2D eigenvalue weighted by atomic mass is 9.73. The monoisotopic (exact) mass is 593 g/mol. The molecule has 7 rings (SSSR count). The highest BCUT2D eigenvalue weighted by atomic mass is 32.2. The lowest BCUT2D eigenvalue weighted by Crippen LogP contribution is -2.50. The van der Waals surface area contributed by atoms with Crippen molar-refractivity contribution >= 4 is 32.7 Å². The molecule has 10 nitrogen and oxygen atoms in total. The van der Waals surface area contributed by atoms with E-state index >= 15 is 0 Å². The van der Waals surface area contributed by atoms with Crippen LogP contribution in [0.15, 0.2) is 17.2 Å². The van der Waals surface area contributed by atoms with E-state index in [-0.39, 0.29) is 33.4 Å². The molecule has 2 saturated carbocycles. The molecule has 4 fully saturated rings. The third-order valence-electron chi connectivity index (χ3n) is 9.13. The number of nitrogens with zero attached hydrogens (tertiary/aromatic N) is 5. The van der Waals surface area contributed by atoms with Crippen molar-refractivity contribution in [3.63, 3.8) is 0 Å². The lowest BCUT2D eigenvalue weighted by Gasteiger charge is -2.42. The Kier molecular flexibility index (Phi) is 6.07. The van der Waals surface area contributed by atoms with Gasteiger partial charge in [-0.15, -0.1) is 10.2 Å². The van der Waals surface area contributed by atoms with Crippen molar-refractivity contribution < 1.29 is 21.9 Å². The summed E-state index contributed by atoms with van der Waals surface area (Å²) in [7, 11) is -3.87. The first kappa shape index (κ1) is 26.6. The molecule has 0 aromatic carbocycles. The molecule has 0 radical (unpaired) electrons. The van der Waals surface area contributed by atoms with Gasteiger partial charge in [-0.05, 0) is 58.4 Å². The molecule has 2 aliphatic heterocycles. The molecular weight excluding hydrogens is 560 g/mol. The van der Waals surface area contributed by atoms with Gasteiger partial charge < -0.3 is 15.4 Å². The number of aromatic nitrogens is 4. The average molecular weight is 594 g/mol. The smallest absolute Gasteiger partial charge is 0.291 e. The van der Waals surface area contributed by atoms with Crippen molar-refractivity contribution in [3.05, 3.63) is 23.0 Å². The number of halogens is 2. The van der Waals surface area contributed by atoms with Crippen LogP contribution in [0.3, 0.4) is 0 Å². The number of hydrogen-bond acceptors (Lipinski definition) is 9. The summed E-state index contributed by atoms with van der Waals surface area (Å²) in [5.74, 6) is 0.171. The predicted octanol–water partition coefficient (Wildman–Crippen LogP) is 3.83. The third kappa shape index (κ3) is 4.42. The Hall–Kier alpha value is -2.26. The molecule has 5 heterocycles. The van der Waals surface area contributed by atoms with Crippen LogP contribution < -0.4 is 15.4 Å². The predicted molar refractivity (Wildman–Crippen MR) is 146 cm³/mol. The molecule has 216 valence electrons. The summed E-state index contributed by atoms with van der Waals surface area (Å²) in [6, 6.07) is 1.65. The molecule has 1 spiro atoms. The van der Waals surface area contributed by atoms with Crippen molar-refractivity contribution in [1.82, 2.24) is 24.3 Å². The maximum absolute atomic E-state index is 13.6. The first-order valence-electron chi connectivity index (χ1n) is 13.8. The van der Waals surface area contributed by atoms with E-state index in [0.717, 1.165) is 55.6 Å². The van der Waals surface area contributed by atoms with Gasteiger partial charge in [0.05, 0.1) is 24.1 Å². The topological polar surface area (TPSA) is 128 Å². The SMILES string of the molecule is C[C@H]1OCC2(CCN(c3cc(S(=O)(=O)NC4(C)CC4)cn4c(-c5nnc(C(F)F)s5)c(C5CC5)nc34)CC2)[C@@H]1N. The third-order valence-corrected chi connectivity index (χ3v) is 11.7. The lowest BCUT2D eigenvalue weighted by molar-refractivity contribution is 0.0974. The van der Waals surface area contributed by atoms with Gasteiger partial charge in [0.25, 0.3) is 6.43 Å². The largest absolute Gasteiger partial charge is 0.376 e. The van der Waals surface area contributed by atoms with Gasteiger partial charge in [0.15, 0.2) is 15.7 Å². The van der Waals surface area contributed by atoms with Crippen LogP contribution in [0.2, 0.25) is 0 Å². The molecule has 0 unspecified atom stereocenters. The van der Waals surface area contributed by atoms with Crippen LogP contribution in [0.4, 0.5) is 14.5 Å². The fraction of sp³-hybridized carbons (Fsp3) is 0.654. The number of fused-ring (bicyclic) bond motifs is 1. The Morgan fingerprint density at radius 3 is 2.50 bits per heavy atom. The fourth-order valence-corrected chi connectivity index (χ4v) is 8.34. The highest BCUT2D eigenvalue weighted by Crippen LogP contribution is 2.48. The van der Waals surface area contributed by atoms with E-state index < -0.39 is 22.0 Å². The van der Waals surface area contributed by atoms with Crippen LogP contribution >= 0.6 is 11.3 Å². The number of anilines is 1. The highest BCUT2D eigenvalue weighted by molar-refractivity contribution is 7.89. The van der Waals surface area contributed by atoms with Gasteiger partial charge in [-0.25, -0.2) is 26.9 Å². The molecule has 3 N–H and O–H groups in total. The molecule has 3 aromatic rings. The molecule has 4 aliphatic rings. The summed E-state index contributed by atoms with van der Waals surface area (Å²) >= 11 is 0.821. The van der Waals surface area contributed by atoms with E-state index in [1.54, 1.807) is 16.7 Å². The Morgan fingerprint density at radius 2 is 1.93 bits per heavy atom. The number of pyridine rings is 1. The second-order valence-electron chi connectivity index (χ2n) is 12.2. The van der Waals surface area contributed by atoms with E-state index in [2.05, 4.69) is 19.8 Å². The molecule has 2 atom stereocenters. The summed E-state index contributed by atoms with van der Waals surface area (Å²) < 4.78 is 64.6. The first-order chi connectivity index (χ1) is 19.0. The molecule has 0 bridgehead atoms. The molecule has 14 heteroatoms. The zero-order valence-corrected chi connectivity index (χ0v) is 24.1. The summed E-state index contributed by atoms with van der Waals surface area (Å²) in [4.78, 5) is 7.30. The number of rotatable bonds is 7. The summed E-state index contributed by atoms with van der Waals surface area (Å²) in [6.07, 6.45) is 3.86. The van der Waals surface area contributed by atoms with Crippen molar-refractivity contribution in [2.75, 3.05) is 24.6 Å². The van der Waals surface area contributed by atoms with E-state index in [0.29, 0.717) is 41.7 Å². The number of alkyl halides is 2. The van der Waals surface area contributed by atoms with Crippen LogP contribution in [0.25, 0.3) is 16.3 Å². The zero-order chi connectivity index (χ0) is 28.0. The number of piperidine rings is 1. The van der Waals surface area contributed by atoms with Gasteiger partial charge in [-0.3, -0.25) is 4.40 Å². The Bertz CT molecular complexity index is 1570. The van der Waals surface area contributed by atoms with Crippen molar-refractivity contribution in [3.8, 4) is 10.7 Å². The van der Waals surface area contributed by atoms with Crippen molar-refractivity contribution in [2.45, 2.75) is 87.3 Å². The second kappa shape index (κ2) is 9.12. The maximum Gasteiger partial charge on any atom is 0.291 e. The summed E-state index contributed by atoms with van der Waals surface area (Å²) in [6.45, 7) is 5.86. The van der Waals surface area contributed by atoms with Gasteiger partial charge in [0.1, 0.15) is 10.6 Å². The van der Waals surface area contributed by atoms with Crippen LogP contribution in [-0.4, -0.2) is 65.4 Å². The Balaban J connectivity index is 1.36. The van der Waals surface area contributed by atoms with Gasteiger partial charge in [-0.1, -0.05) is 11.3 Å². The fourth-order valence-electron chi connectivity index (χ4n) is 6.11. The summed E-state index contributed by atoms with van der Waals surface area (Å²) in [5.41, 5.74) is 8.59. The molecule has 2 saturated heterocycles. The Labute approximate surface area is 235 Å². The maximum atomic E-state index is 13.6. The molecule has 40 heavy (non-hydrogen) atoms. The van der Waals surface area contributed by atoms with E-state index in [1.807, 2.05) is 13.8 Å². The van der Waals surface area contributed by atoms with Gasteiger partial charge in [-0.2, -0.15) is 0 Å². The Morgan fingerprint density at radius 1 is 1.20 bits per heavy atom. The molecule has 0 amide bonds. The van der Waals surface area contributed by atoms with Gasteiger partial charge in [0, 0.05) is 42.2 Å². The molecule has 3 aromatic heterocycles. The number of sulfonamides is 1. The van der Waals surface area contributed by atoms with E-state index in [1.165, 1.54) is 0 Å². The van der Waals surface area contributed by atoms with Gasteiger partial charge >= 0.3 is 0 Å². The molecule has 2 aliphatic carbocycles. The standard InChI is InChI=1S/C26H33F2N7O3S2/c1-14-20(29)26(13-38-14)7-9-34(10-8-26)17-11-16(40(36,37)33-25(2)5-6-25)12-35-19(18(15-3-4-15)30-22(17)35)23-31-32-24(39-23)21(27)28/h11-12,14-15,20-21,33H,3-10,13,29H2,1-2H3/t14-,20-/m1/s1. The summed E-state index contributed by atoms with van der Waals surface area (Å²) in [5, 5.41) is 7.74. The normalized spacial score (nSPS) is 25.9. The zero-order valence-electron chi connectivity index (χ0n) is 22.4. The van der Waals surface area contributed by atoms with Gasteiger partial charge in [0.2, 0.25) is 10.0 Å². The number of nitrogens with two attached hydrogens (primary N) is 1. The minimum absolute atomic E-state index is 0.00239. The number of nitrogens with one attached hydrogen (secondary N) is 1. The average Bonchev–Trinajstić information content (AvgIpc) is 3.77. The minimum atomic E-state index is -3.87. The van der Waals surface area contributed by atoms with Crippen LogP contribution in [0.1, 0.15) is 75.4 Å². The van der Waals surface area contributed by atoms with Crippen LogP contribution in [0, 0.1) is 5.41 Å². The van der Waals surface area contributed by atoms with Crippen molar-refractivity contribution in [2.24, 2.45) is 11.1 Å². The second-order valence-corrected chi connectivity index (χ2v) is 14.9. The van der Waals surface area contributed by atoms with E-state index in [4.69, 9.17) is 15.5 Å². The number of hydrogen-bond donors (Lipinski definition) is 2. The number of imidazole rings is 1. The van der Waals surface area contributed by atoms with Crippen molar-refractivity contribution in [1.29, 1.82) is 0 Å². The minimum Gasteiger partial charge on any atom is -0.376 e. The van der Waals surface area contributed by atoms with Crippen LogP contribution in [0.5, 0.6) is 0 Å². The number of ether oxygens (including phenoxy) is 1. The first-order valence-corrected chi connectivity index (χ1v) is 16.1. The van der Waals surface area contributed by atoms with Crippen LogP contribution in [-0.2, 0) is 14.8 Å². The van der Waals surface area contributed by atoms with E-state index in [9.17, 15) is 17.2 Å². The highest BCUT2D eigenvalue weighted by Gasteiger charge is 2.48. The quantitative estimate of drug-likeness (QED) is 0.423.